The molecule has 9 rings (SSSR count). The summed E-state index contributed by atoms with van der Waals surface area (Å²) in [7, 11) is -9.99. The summed E-state index contributed by atoms with van der Waals surface area (Å²) in [5, 5.41) is 1.37. The maximum atomic E-state index is 12.5. The molecular formula is C32H16CuN8Na2O6S2. The zero-order valence-corrected chi connectivity index (χ0v) is 33.0. The summed E-state index contributed by atoms with van der Waals surface area (Å²) in [5.74, 6) is 0.273. The van der Waals surface area contributed by atoms with Crippen LogP contribution in [0, 0.1) is 0 Å². The Morgan fingerprint density at radius 2 is 1.04 bits per heavy atom. The first-order valence-electron chi connectivity index (χ1n) is 14.3. The van der Waals surface area contributed by atoms with Gasteiger partial charge in [0.05, 0.1) is 21.5 Å². The molecule has 0 spiro atoms. The zero-order valence-electron chi connectivity index (χ0n) is 26.4. The van der Waals surface area contributed by atoms with Gasteiger partial charge in [-0.25, -0.2) is 16.8 Å². The van der Waals surface area contributed by atoms with E-state index in [1.54, 1.807) is 18.2 Å². The predicted molar refractivity (Wildman–Crippen MR) is 167 cm³/mol. The van der Waals surface area contributed by atoms with E-state index in [0.717, 1.165) is 6.07 Å². The van der Waals surface area contributed by atoms with Crippen molar-refractivity contribution in [3.8, 4) is 0 Å². The molecule has 2 aromatic heterocycles. The van der Waals surface area contributed by atoms with Gasteiger partial charge >= 0.3 is 76.2 Å². The van der Waals surface area contributed by atoms with E-state index in [1.807, 2.05) is 36.4 Å². The van der Waals surface area contributed by atoms with Gasteiger partial charge in [-0.15, -0.1) is 0 Å². The number of benzene rings is 4. The number of fused-ring (bicyclic) bond motifs is 18. The van der Waals surface area contributed by atoms with Crippen molar-refractivity contribution in [2.24, 2.45) is 30.0 Å². The Morgan fingerprint density at radius 3 is 1.76 bits per heavy atom. The minimum atomic E-state index is -5.00. The Hall–Kier alpha value is -3.16. The van der Waals surface area contributed by atoms with Gasteiger partial charge in [0.2, 0.25) is 0 Å². The molecule has 3 aliphatic heterocycles. The molecule has 14 nitrogen and oxygen atoms in total. The standard InChI is InChI=1S/C32H18N8O6S2.Cu.2Na/c41-47(42,43)21-13-5-11-19-23(21)31-37-27-17-9-3-1-7-15(17)25(34-27)33-26-16-8-2-4-10-18(16)28(35-26)38-32-24-20(30(40-32)36-29(19)39-31)12-6-14-22(24)48(44,45)46;;;/h1-14,27,32H,(H2-2,33,34,35,36,37,38,39,40,41,42,43,44,45,46);;;/q-2;+2;2*+1/p-2. The molecule has 6 aromatic rings. The molecule has 3 aliphatic rings. The molecule has 0 saturated heterocycles. The third-order valence-corrected chi connectivity index (χ3v) is 10.1. The summed E-state index contributed by atoms with van der Waals surface area (Å²) < 4.78 is 74.7. The van der Waals surface area contributed by atoms with Crippen LogP contribution in [0.1, 0.15) is 34.6 Å². The van der Waals surface area contributed by atoms with Gasteiger partial charge < -0.3 is 39.0 Å². The van der Waals surface area contributed by atoms with E-state index < -0.39 is 42.4 Å². The summed E-state index contributed by atoms with van der Waals surface area (Å²) in [6, 6.07) is 22.7. The van der Waals surface area contributed by atoms with Crippen LogP contribution in [0.25, 0.3) is 21.5 Å². The van der Waals surface area contributed by atoms with Crippen molar-refractivity contribution >= 4 is 53.5 Å². The molecule has 2 atom stereocenters. The fourth-order valence-electron chi connectivity index (χ4n) is 6.29. The third kappa shape index (κ3) is 6.24. The molecule has 0 N–H and O–H groups in total. The number of aromatic nitrogens is 2. The fraction of sp³-hybridized carbons (Fsp3) is 0.0625. The molecule has 8 bridgehead atoms. The van der Waals surface area contributed by atoms with Crippen molar-refractivity contribution in [1.82, 2.24) is 9.97 Å². The van der Waals surface area contributed by atoms with Crippen molar-refractivity contribution in [1.29, 1.82) is 0 Å². The van der Waals surface area contributed by atoms with Crippen molar-refractivity contribution in [3.05, 3.63) is 129 Å². The van der Waals surface area contributed by atoms with Gasteiger partial charge in [-0.2, -0.15) is 0 Å². The molecule has 4 aromatic carbocycles. The third-order valence-electron chi connectivity index (χ3n) is 8.31. The van der Waals surface area contributed by atoms with E-state index in [1.165, 1.54) is 24.3 Å². The first kappa shape index (κ1) is 37.6. The predicted octanol–water partition coefficient (Wildman–Crippen LogP) is -5.17. The Balaban J connectivity index is 0.00000149. The van der Waals surface area contributed by atoms with Gasteiger partial charge in [-0.1, -0.05) is 72.8 Å². The number of nitrogens with zero attached hydrogens (tertiary/aromatic N) is 8. The monoisotopic (exact) mass is 781 g/mol. The topological polar surface area (TPSA) is 217 Å². The second-order valence-corrected chi connectivity index (χ2v) is 13.8. The average Bonchev–Trinajstić information content (AvgIpc) is 3.79. The van der Waals surface area contributed by atoms with Gasteiger partial charge in [-0.3, -0.25) is 9.98 Å². The van der Waals surface area contributed by atoms with Crippen LogP contribution < -0.4 is 91.0 Å². The largest absolute Gasteiger partial charge is 2.00 e. The molecule has 0 fully saturated rings. The first-order valence-corrected chi connectivity index (χ1v) is 17.2. The van der Waals surface area contributed by atoms with Crippen LogP contribution in [0.15, 0.2) is 125 Å². The summed E-state index contributed by atoms with van der Waals surface area (Å²) in [6.45, 7) is 0. The van der Waals surface area contributed by atoms with E-state index in [9.17, 15) is 25.9 Å². The van der Waals surface area contributed by atoms with Gasteiger partial charge in [0.1, 0.15) is 32.6 Å². The molecular weight excluding hydrogens is 766 g/mol. The van der Waals surface area contributed by atoms with Crippen LogP contribution in [0.5, 0.6) is 0 Å². The van der Waals surface area contributed by atoms with E-state index in [-0.39, 0.29) is 126 Å². The number of hydrogen-bond donors (Lipinski definition) is 0. The number of aliphatic imine (C=N–C) groups is 2. The Kier molecular flexibility index (Phi) is 10.1. The second kappa shape index (κ2) is 13.7. The zero-order chi connectivity index (χ0) is 32.9. The van der Waals surface area contributed by atoms with Gasteiger partial charge in [0.25, 0.3) is 0 Å². The smallest absolute Gasteiger partial charge is 0.744 e. The maximum Gasteiger partial charge on any atom is 2.00 e. The Labute approximate surface area is 343 Å². The van der Waals surface area contributed by atoms with Crippen molar-refractivity contribution in [2.75, 3.05) is 0 Å². The van der Waals surface area contributed by atoms with Crippen LogP contribution in [0.3, 0.4) is 0 Å². The normalized spacial score (nSPS) is 17.1. The number of rotatable bonds is 2. The van der Waals surface area contributed by atoms with Gasteiger partial charge in [0, 0.05) is 44.0 Å². The van der Waals surface area contributed by atoms with Gasteiger partial charge in [-0.05, 0) is 33.9 Å². The van der Waals surface area contributed by atoms with E-state index >= 15 is 0 Å². The molecule has 0 saturated carbocycles. The van der Waals surface area contributed by atoms with E-state index in [4.69, 9.17) is 25.0 Å². The van der Waals surface area contributed by atoms with Crippen LogP contribution in [-0.2, 0) is 37.3 Å². The van der Waals surface area contributed by atoms with Crippen LogP contribution >= 0.6 is 0 Å². The number of hydrogen-bond acceptors (Lipinski definition) is 12. The first-order chi connectivity index (χ1) is 23.0. The maximum absolute atomic E-state index is 12.5. The molecule has 51 heavy (non-hydrogen) atoms. The molecule has 2 unspecified atom stereocenters. The second-order valence-electron chi connectivity index (χ2n) is 11.1. The Bertz CT molecular complexity index is 3000. The van der Waals surface area contributed by atoms with Crippen LogP contribution in [0.4, 0.5) is 0 Å². The van der Waals surface area contributed by atoms with Crippen LogP contribution in [-0.4, -0.2) is 37.6 Å². The molecule has 5 heterocycles. The van der Waals surface area contributed by atoms with Gasteiger partial charge in [0.15, 0.2) is 0 Å². The summed E-state index contributed by atoms with van der Waals surface area (Å²) in [6.07, 6.45) is -2.17. The molecule has 245 valence electrons. The minimum absolute atomic E-state index is 0. The molecule has 0 amide bonds. The molecule has 19 heteroatoms. The molecule has 1 radical (unpaired) electrons. The van der Waals surface area contributed by atoms with Crippen molar-refractivity contribution in [3.63, 3.8) is 0 Å². The summed E-state index contributed by atoms with van der Waals surface area (Å²) in [4.78, 5) is 36.5. The van der Waals surface area contributed by atoms with Crippen molar-refractivity contribution in [2.45, 2.75) is 22.1 Å². The number of amidine groups is 2. The summed E-state index contributed by atoms with van der Waals surface area (Å²) >= 11 is 0. The van der Waals surface area contributed by atoms with Crippen LogP contribution in [0.2, 0.25) is 0 Å². The average molecular weight is 782 g/mol. The quantitative estimate of drug-likeness (QED) is 0.122. The summed E-state index contributed by atoms with van der Waals surface area (Å²) in [5.41, 5.74) is 1.86. The van der Waals surface area contributed by atoms with Crippen molar-refractivity contribution < 1.29 is 102 Å². The molecule has 0 aliphatic carbocycles. The van der Waals surface area contributed by atoms with E-state index in [0.29, 0.717) is 27.7 Å². The Morgan fingerprint density at radius 1 is 0.529 bits per heavy atom. The van der Waals surface area contributed by atoms with E-state index in [2.05, 4.69) is 15.0 Å². The minimum Gasteiger partial charge on any atom is -0.744 e. The SMILES string of the molecule is O=S(=O)([O-])c1cccc2c1C1N=C2N=c2[n-]c(c3c(S(=O)(=O)[O-])cccc23)=NC2N=C(N=c3[n-]c(c4ccccc34)=N1)c1ccccc12.[Cu+2].[Na+].[Na+]. The fourth-order valence-corrected chi connectivity index (χ4v) is 7.71.